The zero-order valence-corrected chi connectivity index (χ0v) is 28.0. The molecule has 1 radical (unpaired) electrons. The summed E-state index contributed by atoms with van der Waals surface area (Å²) < 4.78 is 2.29. The molecule has 209 valence electrons. The molecule has 0 aliphatic heterocycles. The van der Waals surface area contributed by atoms with Gasteiger partial charge in [-0.05, 0) is 58.9 Å². The maximum atomic E-state index is 4.80. The fraction of sp³-hybridized carbons (Fsp3) is 0.429. The summed E-state index contributed by atoms with van der Waals surface area (Å²) in [6.45, 7) is 24.7. The van der Waals surface area contributed by atoms with Crippen molar-refractivity contribution in [2.45, 2.75) is 98.8 Å². The SMILES string of the molecule is CCC(C)(C)c1nnc(-c2[c-]ccc(-c3ccc(C(C)(C)C)cc3)c2)n1-c1c(C)cc(C(C)(C)C)cc1C.[Ir]. The molecule has 0 amide bonds. The van der Waals surface area contributed by atoms with Gasteiger partial charge in [0.15, 0.2) is 0 Å². The fourth-order valence-electron chi connectivity index (χ4n) is 4.95. The summed E-state index contributed by atoms with van der Waals surface area (Å²) in [6.07, 6.45) is 0.965. The van der Waals surface area contributed by atoms with Crippen molar-refractivity contribution >= 4 is 0 Å². The maximum absolute atomic E-state index is 4.80. The van der Waals surface area contributed by atoms with Crippen LogP contribution in [-0.2, 0) is 36.4 Å². The Kier molecular flexibility index (Phi) is 8.85. The molecule has 1 aromatic heterocycles. The van der Waals surface area contributed by atoms with Crippen molar-refractivity contribution in [3.05, 3.63) is 88.7 Å². The second kappa shape index (κ2) is 11.1. The molecule has 0 aliphatic rings. The number of hydrogen-bond donors (Lipinski definition) is 0. The Hall–Kier alpha value is -2.55. The van der Waals surface area contributed by atoms with Crippen LogP contribution in [-0.4, -0.2) is 14.8 Å². The molecule has 4 heteroatoms. The number of aromatic nitrogens is 3. The van der Waals surface area contributed by atoms with Gasteiger partial charge in [0.1, 0.15) is 5.82 Å². The van der Waals surface area contributed by atoms with E-state index in [0.717, 1.165) is 29.2 Å². The van der Waals surface area contributed by atoms with E-state index in [1.165, 1.54) is 33.5 Å². The smallest absolute Gasteiger partial charge is 0.134 e. The van der Waals surface area contributed by atoms with Crippen LogP contribution in [0.4, 0.5) is 0 Å². The van der Waals surface area contributed by atoms with E-state index in [9.17, 15) is 0 Å². The van der Waals surface area contributed by atoms with E-state index < -0.39 is 0 Å². The number of benzene rings is 3. The summed E-state index contributed by atoms with van der Waals surface area (Å²) in [5.41, 5.74) is 9.69. The molecule has 0 atom stereocenters. The van der Waals surface area contributed by atoms with Gasteiger partial charge in [0, 0.05) is 31.2 Å². The molecule has 1 heterocycles. The van der Waals surface area contributed by atoms with Gasteiger partial charge in [0.25, 0.3) is 0 Å². The molecule has 0 aliphatic carbocycles. The van der Waals surface area contributed by atoms with Gasteiger partial charge in [0.2, 0.25) is 0 Å². The van der Waals surface area contributed by atoms with Crippen LogP contribution in [0.3, 0.4) is 0 Å². The van der Waals surface area contributed by atoms with Gasteiger partial charge in [-0.3, -0.25) is 0 Å². The number of aryl methyl sites for hydroxylation is 2. The van der Waals surface area contributed by atoms with Crippen molar-refractivity contribution in [1.82, 2.24) is 14.8 Å². The predicted molar refractivity (Wildman–Crippen MR) is 161 cm³/mol. The van der Waals surface area contributed by atoms with E-state index in [4.69, 9.17) is 10.2 Å². The second-order valence-electron chi connectivity index (χ2n) is 13.4. The standard InChI is InChI=1S/C35H44N3.Ir/c1-12-35(10,11)32-37-36-31(38(32)30-23(2)20-29(21-24(30)3)34(7,8)9)27-15-13-14-26(22-27)25-16-18-28(19-17-25)33(4,5)6;/h13-14,16-22H,12H2,1-11H3;/q-1;. The molecule has 0 N–H and O–H groups in total. The summed E-state index contributed by atoms with van der Waals surface area (Å²) in [6, 6.07) is 23.4. The minimum Gasteiger partial charge on any atom is -0.319 e. The van der Waals surface area contributed by atoms with Gasteiger partial charge in [-0.25, -0.2) is 0 Å². The quantitative estimate of drug-likeness (QED) is 0.195. The van der Waals surface area contributed by atoms with Gasteiger partial charge in [-0.15, -0.1) is 40.5 Å². The maximum Gasteiger partial charge on any atom is 0.134 e. The first-order chi connectivity index (χ1) is 17.6. The van der Waals surface area contributed by atoms with Crippen molar-refractivity contribution in [1.29, 1.82) is 0 Å². The molecule has 4 rings (SSSR count). The van der Waals surface area contributed by atoms with Crippen LogP contribution in [0.25, 0.3) is 28.2 Å². The molecular formula is C35H44IrN3-. The van der Waals surface area contributed by atoms with E-state index >= 15 is 0 Å². The van der Waals surface area contributed by atoms with Crippen LogP contribution in [0.1, 0.15) is 96.8 Å². The second-order valence-corrected chi connectivity index (χ2v) is 13.4. The summed E-state index contributed by atoms with van der Waals surface area (Å²) in [5.74, 6) is 1.82. The topological polar surface area (TPSA) is 30.7 Å². The first kappa shape index (κ1) is 31.0. The monoisotopic (exact) mass is 699 g/mol. The molecule has 0 saturated carbocycles. The largest absolute Gasteiger partial charge is 0.319 e. The third kappa shape index (κ3) is 6.28. The zero-order chi connectivity index (χ0) is 28.0. The van der Waals surface area contributed by atoms with Crippen LogP contribution in [0, 0.1) is 19.9 Å². The van der Waals surface area contributed by atoms with Crippen molar-refractivity contribution < 1.29 is 20.1 Å². The molecule has 4 aromatic rings. The van der Waals surface area contributed by atoms with Crippen molar-refractivity contribution in [3.8, 4) is 28.2 Å². The van der Waals surface area contributed by atoms with Crippen molar-refractivity contribution in [3.63, 3.8) is 0 Å². The van der Waals surface area contributed by atoms with Crippen molar-refractivity contribution in [2.75, 3.05) is 0 Å². The Bertz CT molecular complexity index is 1420. The number of hydrogen-bond acceptors (Lipinski definition) is 2. The minimum absolute atomic E-state index is 0. The zero-order valence-electron chi connectivity index (χ0n) is 25.6. The van der Waals surface area contributed by atoms with E-state index in [1.54, 1.807) is 0 Å². The third-order valence-corrected chi connectivity index (χ3v) is 7.86. The first-order valence-corrected chi connectivity index (χ1v) is 13.8. The average molecular weight is 699 g/mol. The van der Waals surface area contributed by atoms with E-state index in [-0.39, 0.29) is 36.4 Å². The van der Waals surface area contributed by atoms with Crippen LogP contribution >= 0.6 is 0 Å². The van der Waals surface area contributed by atoms with E-state index in [0.29, 0.717) is 0 Å². The Balaban J connectivity index is 0.00000420. The molecular weight excluding hydrogens is 655 g/mol. The number of nitrogens with zero attached hydrogens (tertiary/aromatic N) is 3. The third-order valence-electron chi connectivity index (χ3n) is 7.86. The molecule has 0 spiro atoms. The van der Waals surface area contributed by atoms with Gasteiger partial charge in [-0.2, -0.15) is 5.10 Å². The van der Waals surface area contributed by atoms with Crippen LogP contribution < -0.4 is 0 Å². The van der Waals surface area contributed by atoms with Gasteiger partial charge < -0.3 is 4.57 Å². The van der Waals surface area contributed by atoms with Crippen LogP contribution in [0.2, 0.25) is 0 Å². The van der Waals surface area contributed by atoms with Crippen LogP contribution in [0.15, 0.2) is 54.6 Å². The average Bonchev–Trinajstić information content (AvgIpc) is 3.28. The van der Waals surface area contributed by atoms with Crippen molar-refractivity contribution in [2.24, 2.45) is 0 Å². The fourth-order valence-corrected chi connectivity index (χ4v) is 4.95. The normalized spacial score (nSPS) is 12.4. The van der Waals surface area contributed by atoms with Crippen LogP contribution in [0.5, 0.6) is 0 Å². The molecule has 3 aromatic carbocycles. The summed E-state index contributed by atoms with van der Waals surface area (Å²) in [7, 11) is 0. The first-order valence-electron chi connectivity index (χ1n) is 13.8. The van der Waals surface area contributed by atoms with Gasteiger partial charge >= 0.3 is 0 Å². The molecule has 0 unspecified atom stereocenters. The molecule has 3 nitrogen and oxygen atoms in total. The molecule has 0 bridgehead atoms. The minimum atomic E-state index is -0.132. The molecule has 39 heavy (non-hydrogen) atoms. The molecule has 0 fully saturated rings. The summed E-state index contributed by atoms with van der Waals surface area (Å²) in [5, 5.41) is 9.59. The Morgan fingerprint density at radius 3 is 1.79 bits per heavy atom. The Labute approximate surface area is 249 Å². The Morgan fingerprint density at radius 1 is 0.718 bits per heavy atom. The predicted octanol–water partition coefficient (Wildman–Crippen LogP) is 9.30. The summed E-state index contributed by atoms with van der Waals surface area (Å²) >= 11 is 0. The van der Waals surface area contributed by atoms with Gasteiger partial charge in [0.05, 0.1) is 5.82 Å². The van der Waals surface area contributed by atoms with E-state index in [1.807, 2.05) is 6.07 Å². The number of rotatable bonds is 5. The van der Waals surface area contributed by atoms with Gasteiger partial charge in [-0.1, -0.05) is 98.7 Å². The molecule has 0 saturated heterocycles. The summed E-state index contributed by atoms with van der Waals surface area (Å²) in [4.78, 5) is 0. The van der Waals surface area contributed by atoms with E-state index in [2.05, 4.69) is 135 Å². The Morgan fingerprint density at radius 2 is 1.28 bits per heavy atom.